The van der Waals surface area contributed by atoms with Crippen molar-refractivity contribution in [1.29, 1.82) is 0 Å². The summed E-state index contributed by atoms with van der Waals surface area (Å²) in [5.74, 6) is 0.514. The fourth-order valence-electron chi connectivity index (χ4n) is 2.55. The van der Waals surface area contributed by atoms with Crippen LogP contribution >= 0.6 is 0 Å². The normalized spacial score (nSPS) is 13.0. The van der Waals surface area contributed by atoms with E-state index in [4.69, 9.17) is 4.74 Å². The van der Waals surface area contributed by atoms with Gasteiger partial charge in [-0.3, -0.25) is 4.57 Å². The first-order valence-corrected chi connectivity index (χ1v) is 9.49. The van der Waals surface area contributed by atoms with Gasteiger partial charge in [0.25, 0.3) is 0 Å². The first kappa shape index (κ1) is 18.4. The van der Waals surface area contributed by atoms with Crippen molar-refractivity contribution in [2.45, 2.75) is 51.1 Å². The lowest BCUT2D eigenvalue weighted by molar-refractivity contribution is 0.354. The van der Waals surface area contributed by atoms with E-state index in [-0.39, 0.29) is 4.90 Å². The molecule has 0 aliphatic heterocycles. The molecule has 0 fully saturated rings. The van der Waals surface area contributed by atoms with Gasteiger partial charge in [-0.25, -0.2) is 13.1 Å². The van der Waals surface area contributed by atoms with Crippen LogP contribution < -0.4 is 9.46 Å². The number of nitrogens with zero attached hydrogens (tertiary/aromatic N) is 3. The third kappa shape index (κ3) is 3.93. The molecule has 24 heavy (non-hydrogen) atoms. The summed E-state index contributed by atoms with van der Waals surface area (Å²) in [6.07, 6.45) is 1.96. The number of aryl methyl sites for hydroxylation is 1. The molecule has 8 heteroatoms. The van der Waals surface area contributed by atoms with E-state index < -0.39 is 16.1 Å². The summed E-state index contributed by atoms with van der Waals surface area (Å²) < 4.78 is 34.6. The Kier molecular flexibility index (Phi) is 5.95. The molecule has 2 rings (SSSR count). The van der Waals surface area contributed by atoms with Gasteiger partial charge in [-0.2, -0.15) is 0 Å². The number of rotatable bonds is 8. The van der Waals surface area contributed by atoms with E-state index in [0.717, 1.165) is 18.4 Å². The molecule has 1 aromatic heterocycles. The van der Waals surface area contributed by atoms with Crippen molar-refractivity contribution in [2.24, 2.45) is 0 Å². The van der Waals surface area contributed by atoms with Gasteiger partial charge in [0.15, 0.2) is 5.82 Å². The second-order valence-corrected chi connectivity index (χ2v) is 7.24. The highest BCUT2D eigenvalue weighted by molar-refractivity contribution is 7.89. The van der Waals surface area contributed by atoms with Crippen molar-refractivity contribution in [3.05, 3.63) is 35.7 Å². The number of aromatic nitrogens is 3. The molecule has 0 bridgehead atoms. The number of nitrogens with one attached hydrogen (secondary N) is 1. The van der Waals surface area contributed by atoms with Crippen LogP contribution in [0.3, 0.4) is 0 Å². The third-order valence-electron chi connectivity index (χ3n) is 3.74. The fraction of sp³-hybridized carbons (Fsp3) is 0.500. The molecule has 1 aromatic carbocycles. The van der Waals surface area contributed by atoms with E-state index in [9.17, 15) is 8.42 Å². The predicted molar refractivity (Wildman–Crippen MR) is 91.4 cm³/mol. The molecular formula is C16H24N4O3S. The zero-order chi connectivity index (χ0) is 17.7. The highest BCUT2D eigenvalue weighted by Gasteiger charge is 2.23. The molecule has 0 unspecified atom stereocenters. The van der Waals surface area contributed by atoms with Crippen molar-refractivity contribution in [1.82, 2.24) is 19.5 Å². The SMILES string of the molecule is CCCc1ccc(S(=O)(=O)N[C@H](C)c2nnc(OC)n2CC)cc1. The zero-order valence-corrected chi connectivity index (χ0v) is 15.3. The summed E-state index contributed by atoms with van der Waals surface area (Å²) >= 11 is 0. The number of benzene rings is 1. The van der Waals surface area contributed by atoms with E-state index in [1.165, 1.54) is 7.11 Å². The second-order valence-electron chi connectivity index (χ2n) is 5.53. The highest BCUT2D eigenvalue weighted by Crippen LogP contribution is 2.19. The maximum Gasteiger partial charge on any atom is 0.316 e. The monoisotopic (exact) mass is 352 g/mol. The van der Waals surface area contributed by atoms with Gasteiger partial charge in [0.1, 0.15) is 0 Å². The molecule has 1 N–H and O–H groups in total. The zero-order valence-electron chi connectivity index (χ0n) is 14.5. The van der Waals surface area contributed by atoms with Crippen LogP contribution in [0.2, 0.25) is 0 Å². The molecule has 1 atom stereocenters. The molecule has 0 amide bonds. The van der Waals surface area contributed by atoms with Gasteiger partial charge < -0.3 is 4.74 Å². The summed E-state index contributed by atoms with van der Waals surface area (Å²) in [4.78, 5) is 0.240. The smallest absolute Gasteiger partial charge is 0.316 e. The average molecular weight is 352 g/mol. The Morgan fingerprint density at radius 3 is 2.42 bits per heavy atom. The number of hydrogen-bond donors (Lipinski definition) is 1. The summed E-state index contributed by atoms with van der Waals surface area (Å²) in [5.41, 5.74) is 1.12. The molecule has 0 radical (unpaired) electrons. The Morgan fingerprint density at radius 1 is 1.21 bits per heavy atom. The molecule has 0 spiro atoms. The molecule has 0 saturated carbocycles. The minimum atomic E-state index is -3.63. The van der Waals surface area contributed by atoms with Crippen molar-refractivity contribution in [3.63, 3.8) is 0 Å². The number of methoxy groups -OCH3 is 1. The molecule has 1 heterocycles. The summed E-state index contributed by atoms with van der Waals surface area (Å²) in [6.45, 7) is 6.33. The van der Waals surface area contributed by atoms with Crippen LogP contribution in [0.15, 0.2) is 29.2 Å². The van der Waals surface area contributed by atoms with Gasteiger partial charge >= 0.3 is 6.01 Å². The highest BCUT2D eigenvalue weighted by atomic mass is 32.2. The lowest BCUT2D eigenvalue weighted by Gasteiger charge is -2.15. The Morgan fingerprint density at radius 2 is 1.88 bits per heavy atom. The van der Waals surface area contributed by atoms with E-state index in [1.807, 2.05) is 19.1 Å². The first-order valence-electron chi connectivity index (χ1n) is 8.01. The van der Waals surface area contributed by atoms with Crippen molar-refractivity contribution in [2.75, 3.05) is 7.11 Å². The summed E-state index contributed by atoms with van der Waals surface area (Å²) in [6, 6.07) is 6.79. The maximum atomic E-state index is 12.6. The standard InChI is InChI=1S/C16H24N4O3S/c1-5-7-13-8-10-14(11-9-13)24(21,22)19-12(3)15-17-18-16(23-4)20(15)6-2/h8-12,19H,5-7H2,1-4H3/t12-/m1/s1. The molecule has 132 valence electrons. The van der Waals surface area contributed by atoms with Crippen molar-refractivity contribution < 1.29 is 13.2 Å². The van der Waals surface area contributed by atoms with Gasteiger partial charge in [0, 0.05) is 6.54 Å². The summed E-state index contributed by atoms with van der Waals surface area (Å²) in [5, 5.41) is 7.95. The lowest BCUT2D eigenvalue weighted by Crippen LogP contribution is -2.29. The first-order chi connectivity index (χ1) is 11.4. The molecule has 7 nitrogen and oxygen atoms in total. The average Bonchev–Trinajstić information content (AvgIpc) is 2.98. The summed E-state index contributed by atoms with van der Waals surface area (Å²) in [7, 11) is -2.13. The lowest BCUT2D eigenvalue weighted by atomic mass is 10.1. The number of hydrogen-bond acceptors (Lipinski definition) is 5. The Bertz CT molecular complexity index is 769. The van der Waals surface area contributed by atoms with Gasteiger partial charge in [-0.05, 0) is 38.0 Å². The van der Waals surface area contributed by atoms with Gasteiger partial charge in [-0.15, -0.1) is 5.10 Å². The van der Waals surface area contributed by atoms with Crippen LogP contribution in [-0.2, 0) is 23.0 Å². The Balaban J connectivity index is 2.20. The van der Waals surface area contributed by atoms with E-state index in [2.05, 4.69) is 21.8 Å². The number of sulfonamides is 1. The largest absolute Gasteiger partial charge is 0.467 e. The molecule has 0 aliphatic rings. The van der Waals surface area contributed by atoms with Crippen LogP contribution in [0.1, 0.15) is 44.6 Å². The third-order valence-corrected chi connectivity index (χ3v) is 5.29. The van der Waals surface area contributed by atoms with Gasteiger partial charge in [-0.1, -0.05) is 30.6 Å². The topological polar surface area (TPSA) is 86.1 Å². The van der Waals surface area contributed by atoms with Crippen LogP contribution in [-0.4, -0.2) is 30.3 Å². The Hall–Kier alpha value is -1.93. The quantitative estimate of drug-likeness (QED) is 0.788. The minimum Gasteiger partial charge on any atom is -0.467 e. The molecule has 0 saturated heterocycles. The van der Waals surface area contributed by atoms with Crippen LogP contribution in [0.25, 0.3) is 0 Å². The van der Waals surface area contributed by atoms with E-state index in [1.54, 1.807) is 23.6 Å². The van der Waals surface area contributed by atoms with Gasteiger partial charge in [0.2, 0.25) is 10.0 Å². The molecule has 0 aliphatic carbocycles. The predicted octanol–water partition coefficient (Wildman–Crippen LogP) is 2.30. The van der Waals surface area contributed by atoms with E-state index >= 15 is 0 Å². The minimum absolute atomic E-state index is 0.240. The maximum absolute atomic E-state index is 12.6. The van der Waals surface area contributed by atoms with Crippen molar-refractivity contribution >= 4 is 10.0 Å². The van der Waals surface area contributed by atoms with Crippen LogP contribution in [0, 0.1) is 0 Å². The second kappa shape index (κ2) is 7.76. The fourth-order valence-corrected chi connectivity index (χ4v) is 3.75. The molecular weight excluding hydrogens is 328 g/mol. The Labute approximate surface area is 143 Å². The van der Waals surface area contributed by atoms with E-state index in [0.29, 0.717) is 18.4 Å². The number of ether oxygens (including phenoxy) is 1. The van der Waals surface area contributed by atoms with Gasteiger partial charge in [0.05, 0.1) is 18.0 Å². The van der Waals surface area contributed by atoms with Crippen LogP contribution in [0.5, 0.6) is 6.01 Å². The van der Waals surface area contributed by atoms with Crippen molar-refractivity contribution in [3.8, 4) is 6.01 Å². The molecule has 2 aromatic rings. The van der Waals surface area contributed by atoms with Crippen LogP contribution in [0.4, 0.5) is 0 Å².